The highest BCUT2D eigenvalue weighted by molar-refractivity contribution is 6.16. The summed E-state index contributed by atoms with van der Waals surface area (Å²) in [5.41, 5.74) is 1.61. The zero-order valence-corrected chi connectivity index (χ0v) is 14.5. The number of rotatable bonds is 0. The molecule has 0 aliphatic heterocycles. The van der Waals surface area contributed by atoms with Gasteiger partial charge in [-0.1, -0.05) is 62.3 Å². The predicted octanol–water partition coefficient (Wildman–Crippen LogP) is 3.65. The van der Waals surface area contributed by atoms with E-state index in [2.05, 4.69) is 62.3 Å². The molecule has 0 amide bonds. The smallest absolute Gasteiger partial charge is 0.0117 e. The van der Waals surface area contributed by atoms with Crippen molar-refractivity contribution in [2.75, 3.05) is 0 Å². The van der Waals surface area contributed by atoms with Gasteiger partial charge in [0.15, 0.2) is 0 Å². The summed E-state index contributed by atoms with van der Waals surface area (Å²) >= 11 is 0. The molecule has 0 spiro atoms. The van der Waals surface area contributed by atoms with Crippen LogP contribution in [0.4, 0.5) is 0 Å². The Hall–Kier alpha value is 0.217. The molecule has 1 aliphatic rings. The minimum absolute atomic E-state index is 0.389. The zero-order valence-electron chi connectivity index (χ0n) is 12.5. The molecule has 0 bridgehead atoms. The lowest BCUT2D eigenvalue weighted by Crippen LogP contribution is -2.40. The van der Waals surface area contributed by atoms with Crippen LogP contribution >= 0.6 is 0 Å². The fraction of sp³-hybridized carbons (Fsp3) is 1.00. The summed E-state index contributed by atoms with van der Waals surface area (Å²) < 4.78 is 0. The molecule has 0 N–H and O–H groups in total. The molecule has 0 saturated heterocycles. The van der Waals surface area contributed by atoms with E-state index in [0.717, 1.165) is 0 Å². The van der Waals surface area contributed by atoms with Crippen molar-refractivity contribution in [2.24, 2.45) is 21.7 Å². The molecular weight excluding hydrogens is 196 g/mol. The molecule has 1 heteroatoms. The lowest BCUT2D eigenvalue weighted by atomic mass is 9.57. The number of hydrogen-bond donors (Lipinski definition) is 0. The first-order chi connectivity index (χ1) is 6.25. The standard InChI is InChI=1S/C14H30Si/c1-10(2)11(3,4)13(7,8)14(9,15)12(10,5)6/h1-9,15H3. The molecule has 90 valence electrons. The quantitative estimate of drug-likeness (QED) is 0.553. The van der Waals surface area contributed by atoms with Crippen molar-refractivity contribution >= 4 is 10.2 Å². The van der Waals surface area contributed by atoms with E-state index in [-0.39, 0.29) is 0 Å². The van der Waals surface area contributed by atoms with Gasteiger partial charge in [0.25, 0.3) is 0 Å². The zero-order chi connectivity index (χ0) is 12.5. The SMILES string of the molecule is CC1(C)C(C)(C)C(C)(C)C(C)([SiH3])C1(C)C. The van der Waals surface area contributed by atoms with Crippen molar-refractivity contribution in [3.63, 3.8) is 0 Å². The first-order valence-electron chi connectivity index (χ1n) is 6.25. The third-order valence-corrected chi connectivity index (χ3v) is 10.3. The van der Waals surface area contributed by atoms with Crippen LogP contribution in [0.25, 0.3) is 0 Å². The third kappa shape index (κ3) is 1.04. The highest BCUT2D eigenvalue weighted by atomic mass is 28.1. The van der Waals surface area contributed by atoms with Crippen LogP contribution in [0.5, 0.6) is 0 Å². The van der Waals surface area contributed by atoms with Crippen molar-refractivity contribution < 1.29 is 0 Å². The molecule has 1 saturated carbocycles. The van der Waals surface area contributed by atoms with E-state index >= 15 is 0 Å². The second-order valence-electron chi connectivity index (χ2n) is 8.12. The highest BCUT2D eigenvalue weighted by Crippen LogP contribution is 2.80. The van der Waals surface area contributed by atoms with Gasteiger partial charge < -0.3 is 0 Å². The Balaban J connectivity index is 3.55. The summed E-state index contributed by atoms with van der Waals surface area (Å²) in [4.78, 5) is 0. The van der Waals surface area contributed by atoms with Crippen molar-refractivity contribution in [3.8, 4) is 0 Å². The van der Waals surface area contributed by atoms with Gasteiger partial charge in [-0.25, -0.2) is 0 Å². The van der Waals surface area contributed by atoms with Crippen LogP contribution in [-0.2, 0) is 0 Å². The molecule has 1 aliphatic carbocycles. The van der Waals surface area contributed by atoms with Gasteiger partial charge >= 0.3 is 0 Å². The molecule has 0 radical (unpaired) electrons. The first kappa shape index (κ1) is 13.3. The molecule has 0 heterocycles. The van der Waals surface area contributed by atoms with Crippen LogP contribution < -0.4 is 0 Å². The molecular formula is C14H30Si. The van der Waals surface area contributed by atoms with E-state index in [9.17, 15) is 0 Å². The highest BCUT2D eigenvalue weighted by Gasteiger charge is 2.71. The lowest BCUT2D eigenvalue weighted by Gasteiger charge is -2.47. The molecule has 1 rings (SSSR count). The maximum Gasteiger partial charge on any atom is 0.0117 e. The van der Waals surface area contributed by atoms with Crippen LogP contribution in [0.1, 0.15) is 62.3 Å². The molecule has 0 aromatic rings. The molecule has 0 atom stereocenters. The van der Waals surface area contributed by atoms with Crippen molar-refractivity contribution in [2.45, 2.75) is 67.4 Å². The summed E-state index contributed by atoms with van der Waals surface area (Å²) in [6.45, 7) is 22.3. The van der Waals surface area contributed by atoms with Crippen molar-refractivity contribution in [1.29, 1.82) is 0 Å². The van der Waals surface area contributed by atoms with Gasteiger partial charge in [-0.05, 0) is 26.7 Å². The average Bonchev–Trinajstić information content (AvgIpc) is 2.04. The first-order valence-corrected chi connectivity index (χ1v) is 7.25. The molecule has 0 aromatic carbocycles. The summed E-state index contributed by atoms with van der Waals surface area (Å²) in [6.07, 6.45) is 0. The van der Waals surface area contributed by atoms with Gasteiger partial charge in [0.2, 0.25) is 0 Å². The van der Waals surface area contributed by atoms with Crippen LogP contribution in [0.15, 0.2) is 0 Å². The molecule has 1 fully saturated rings. The topological polar surface area (TPSA) is 0 Å². The Morgan fingerprint density at radius 1 is 0.467 bits per heavy atom. The van der Waals surface area contributed by atoms with E-state index in [4.69, 9.17) is 0 Å². The third-order valence-electron chi connectivity index (χ3n) is 7.81. The minimum atomic E-state index is 0.389. The van der Waals surface area contributed by atoms with Gasteiger partial charge in [-0.15, -0.1) is 0 Å². The summed E-state index contributed by atoms with van der Waals surface area (Å²) in [7, 11) is 1.27. The molecule has 15 heavy (non-hydrogen) atoms. The van der Waals surface area contributed by atoms with Gasteiger partial charge in [0.05, 0.1) is 0 Å². The van der Waals surface area contributed by atoms with E-state index in [0.29, 0.717) is 26.7 Å². The van der Waals surface area contributed by atoms with E-state index in [1.807, 2.05) is 0 Å². The predicted molar refractivity (Wildman–Crippen MR) is 73.4 cm³/mol. The van der Waals surface area contributed by atoms with Crippen LogP contribution in [0.3, 0.4) is 0 Å². The van der Waals surface area contributed by atoms with Gasteiger partial charge in [0, 0.05) is 10.2 Å². The van der Waals surface area contributed by atoms with Gasteiger partial charge in [-0.3, -0.25) is 0 Å². The maximum atomic E-state index is 2.51. The Kier molecular flexibility index (Phi) is 2.41. The second-order valence-corrected chi connectivity index (χ2v) is 10.1. The van der Waals surface area contributed by atoms with Gasteiger partial charge in [0.1, 0.15) is 0 Å². The summed E-state index contributed by atoms with van der Waals surface area (Å²) in [5, 5.41) is 0.493. The summed E-state index contributed by atoms with van der Waals surface area (Å²) in [6, 6.07) is 0. The Morgan fingerprint density at radius 2 is 0.667 bits per heavy atom. The van der Waals surface area contributed by atoms with Crippen LogP contribution in [0.2, 0.25) is 5.04 Å². The minimum Gasteiger partial charge on any atom is -0.0619 e. The maximum absolute atomic E-state index is 2.51. The van der Waals surface area contributed by atoms with Crippen LogP contribution in [0, 0.1) is 21.7 Å². The Bertz CT molecular complexity index is 190. The molecule has 0 nitrogen and oxygen atoms in total. The average molecular weight is 226 g/mol. The van der Waals surface area contributed by atoms with E-state index in [1.165, 1.54) is 10.2 Å². The second kappa shape index (κ2) is 2.72. The fourth-order valence-corrected chi connectivity index (χ4v) is 5.16. The number of hydrogen-bond acceptors (Lipinski definition) is 0. The van der Waals surface area contributed by atoms with E-state index < -0.39 is 0 Å². The largest absolute Gasteiger partial charge is 0.0619 e. The van der Waals surface area contributed by atoms with Crippen LogP contribution in [-0.4, -0.2) is 10.2 Å². The van der Waals surface area contributed by atoms with Gasteiger partial charge in [-0.2, -0.15) is 0 Å². The molecule has 0 aromatic heterocycles. The van der Waals surface area contributed by atoms with E-state index in [1.54, 1.807) is 0 Å². The lowest BCUT2D eigenvalue weighted by molar-refractivity contribution is 0.0135. The molecule has 0 unspecified atom stereocenters. The normalized spacial score (nSPS) is 34.2. The van der Waals surface area contributed by atoms with Crippen molar-refractivity contribution in [3.05, 3.63) is 0 Å². The summed E-state index contributed by atoms with van der Waals surface area (Å²) in [5.74, 6) is 0. The Morgan fingerprint density at radius 3 is 0.733 bits per heavy atom. The monoisotopic (exact) mass is 226 g/mol. The fourth-order valence-electron chi connectivity index (χ4n) is 3.91. The van der Waals surface area contributed by atoms with Crippen molar-refractivity contribution in [1.82, 2.24) is 0 Å². The Labute approximate surface area is 99.6 Å².